The van der Waals surface area contributed by atoms with E-state index >= 15 is 0 Å². The maximum atomic E-state index is 5.61. The van der Waals surface area contributed by atoms with Gasteiger partial charge >= 0.3 is 0 Å². The molecule has 2 nitrogen and oxygen atoms in total. The highest BCUT2D eigenvalue weighted by Gasteiger charge is 2.12. The third-order valence-electron chi connectivity index (χ3n) is 2.29. The molecule has 1 atom stereocenters. The van der Waals surface area contributed by atoms with Crippen LogP contribution in [0.3, 0.4) is 0 Å². The Balaban J connectivity index is 1.92. The molecule has 1 aliphatic rings. The monoisotopic (exact) mass is 184 g/mol. The van der Waals surface area contributed by atoms with Crippen LogP contribution in [0.4, 0.5) is 0 Å². The molecule has 0 aromatic rings. The molecule has 0 amide bonds. The summed E-state index contributed by atoms with van der Waals surface area (Å²) in [5.74, 6) is 0. The highest BCUT2D eigenvalue weighted by Crippen LogP contribution is 2.16. The van der Waals surface area contributed by atoms with Gasteiger partial charge in [-0.05, 0) is 39.0 Å². The fourth-order valence-corrected chi connectivity index (χ4v) is 1.59. The lowest BCUT2D eigenvalue weighted by Crippen LogP contribution is -2.19. The molecule has 0 aliphatic carbocycles. The van der Waals surface area contributed by atoms with Crippen LogP contribution in [0.15, 0.2) is 12.3 Å². The van der Waals surface area contributed by atoms with Crippen molar-refractivity contribution < 1.29 is 9.47 Å². The predicted molar refractivity (Wildman–Crippen MR) is 53.6 cm³/mol. The van der Waals surface area contributed by atoms with Crippen LogP contribution in [0.5, 0.6) is 0 Å². The summed E-state index contributed by atoms with van der Waals surface area (Å²) in [6.07, 6.45) is 10.2. The van der Waals surface area contributed by atoms with Gasteiger partial charge in [-0.3, -0.25) is 0 Å². The van der Waals surface area contributed by atoms with Crippen LogP contribution in [-0.2, 0) is 9.47 Å². The maximum absolute atomic E-state index is 5.61. The molecule has 0 saturated carbocycles. The Hall–Kier alpha value is -0.500. The molecule has 1 aliphatic heterocycles. The van der Waals surface area contributed by atoms with E-state index in [1.54, 1.807) is 6.26 Å². The molecule has 13 heavy (non-hydrogen) atoms. The number of allylic oxidation sites excluding steroid dienone is 1. The molecule has 0 bridgehead atoms. The Morgan fingerprint density at radius 3 is 3.08 bits per heavy atom. The molecule has 0 aromatic carbocycles. The van der Waals surface area contributed by atoms with E-state index in [1.165, 1.54) is 19.3 Å². The van der Waals surface area contributed by atoms with Gasteiger partial charge in [0.05, 0.1) is 19.0 Å². The third kappa shape index (κ3) is 4.94. The molecule has 0 N–H and O–H groups in total. The van der Waals surface area contributed by atoms with Gasteiger partial charge in [-0.2, -0.15) is 0 Å². The van der Waals surface area contributed by atoms with Crippen LogP contribution < -0.4 is 0 Å². The van der Waals surface area contributed by atoms with Gasteiger partial charge in [-0.25, -0.2) is 0 Å². The minimum absolute atomic E-state index is 0.503. The van der Waals surface area contributed by atoms with Gasteiger partial charge in [0.25, 0.3) is 0 Å². The van der Waals surface area contributed by atoms with Gasteiger partial charge in [0, 0.05) is 6.61 Å². The molecule has 1 unspecified atom stereocenters. The van der Waals surface area contributed by atoms with E-state index in [0.717, 1.165) is 26.1 Å². The topological polar surface area (TPSA) is 18.5 Å². The fraction of sp³-hybridized carbons (Fsp3) is 0.818. The summed E-state index contributed by atoms with van der Waals surface area (Å²) in [4.78, 5) is 0. The Labute approximate surface area is 80.9 Å². The molecule has 0 spiro atoms. The van der Waals surface area contributed by atoms with Crippen molar-refractivity contribution in [1.82, 2.24) is 0 Å². The second-order valence-electron chi connectivity index (χ2n) is 3.47. The Morgan fingerprint density at radius 1 is 1.46 bits per heavy atom. The lowest BCUT2D eigenvalue weighted by atomic mass is 10.1. The van der Waals surface area contributed by atoms with Crippen molar-refractivity contribution in [2.75, 3.05) is 13.2 Å². The Morgan fingerprint density at radius 2 is 2.38 bits per heavy atom. The first kappa shape index (κ1) is 10.6. The van der Waals surface area contributed by atoms with Crippen LogP contribution >= 0.6 is 0 Å². The molecule has 1 heterocycles. The number of hydrogen-bond donors (Lipinski definition) is 0. The highest BCUT2D eigenvalue weighted by molar-refractivity contribution is 4.66. The highest BCUT2D eigenvalue weighted by atomic mass is 16.5. The number of ether oxygens (including phenoxy) is 2. The largest absolute Gasteiger partial charge is 0.502 e. The van der Waals surface area contributed by atoms with E-state index in [9.17, 15) is 0 Å². The van der Waals surface area contributed by atoms with Crippen molar-refractivity contribution in [3.8, 4) is 0 Å². The Kier molecular flexibility index (Phi) is 5.66. The lowest BCUT2D eigenvalue weighted by molar-refractivity contribution is 0.00733. The minimum Gasteiger partial charge on any atom is -0.502 e. The molecule has 1 saturated heterocycles. The summed E-state index contributed by atoms with van der Waals surface area (Å²) in [7, 11) is 0. The average molecular weight is 184 g/mol. The first-order valence-corrected chi connectivity index (χ1v) is 5.28. The van der Waals surface area contributed by atoms with Crippen LogP contribution in [-0.4, -0.2) is 19.3 Å². The van der Waals surface area contributed by atoms with E-state index in [2.05, 4.69) is 0 Å². The summed E-state index contributed by atoms with van der Waals surface area (Å²) in [5, 5.41) is 0. The van der Waals surface area contributed by atoms with E-state index < -0.39 is 0 Å². The van der Waals surface area contributed by atoms with Gasteiger partial charge in [0.2, 0.25) is 0 Å². The van der Waals surface area contributed by atoms with Crippen LogP contribution in [0.2, 0.25) is 0 Å². The van der Waals surface area contributed by atoms with E-state index in [0.29, 0.717) is 6.10 Å². The van der Waals surface area contributed by atoms with Crippen molar-refractivity contribution in [1.29, 1.82) is 0 Å². The van der Waals surface area contributed by atoms with Crippen molar-refractivity contribution in [2.24, 2.45) is 0 Å². The number of rotatable bonds is 5. The van der Waals surface area contributed by atoms with Crippen LogP contribution in [0, 0.1) is 0 Å². The van der Waals surface area contributed by atoms with Crippen LogP contribution in [0.25, 0.3) is 0 Å². The second kappa shape index (κ2) is 6.96. The van der Waals surface area contributed by atoms with Gasteiger partial charge in [-0.1, -0.05) is 6.08 Å². The first-order valence-electron chi connectivity index (χ1n) is 5.28. The summed E-state index contributed by atoms with van der Waals surface area (Å²) in [5.41, 5.74) is 0. The predicted octanol–water partition coefficient (Wildman–Crippen LogP) is 2.89. The van der Waals surface area contributed by atoms with Gasteiger partial charge in [-0.15, -0.1) is 0 Å². The molecule has 0 aromatic heterocycles. The molecule has 1 rings (SSSR count). The van der Waals surface area contributed by atoms with Crippen molar-refractivity contribution in [2.45, 2.75) is 45.1 Å². The molecule has 2 heteroatoms. The maximum Gasteiger partial charge on any atom is 0.0874 e. The van der Waals surface area contributed by atoms with Crippen molar-refractivity contribution in [3.05, 3.63) is 12.3 Å². The summed E-state index contributed by atoms with van der Waals surface area (Å²) in [6.45, 7) is 3.74. The van der Waals surface area contributed by atoms with E-state index in [-0.39, 0.29) is 0 Å². The SMILES string of the molecule is C/C=C/OCCCC1CCCCO1. The fourth-order valence-electron chi connectivity index (χ4n) is 1.59. The summed E-state index contributed by atoms with van der Waals surface area (Å²) >= 11 is 0. The zero-order valence-corrected chi connectivity index (χ0v) is 8.50. The Bertz CT molecular complexity index is 137. The van der Waals surface area contributed by atoms with E-state index in [1.807, 2.05) is 13.0 Å². The molecule has 1 fully saturated rings. The van der Waals surface area contributed by atoms with Crippen molar-refractivity contribution >= 4 is 0 Å². The van der Waals surface area contributed by atoms with Gasteiger partial charge < -0.3 is 9.47 Å². The number of hydrogen-bond acceptors (Lipinski definition) is 2. The summed E-state index contributed by atoms with van der Waals surface area (Å²) in [6, 6.07) is 0. The quantitative estimate of drug-likeness (QED) is 0.483. The average Bonchev–Trinajstić information content (AvgIpc) is 2.19. The van der Waals surface area contributed by atoms with Gasteiger partial charge in [0.1, 0.15) is 0 Å². The zero-order valence-electron chi connectivity index (χ0n) is 8.50. The normalized spacial score (nSPS) is 23.6. The standard InChI is InChI=1S/C11H20O2/c1-2-8-12-9-5-7-11-6-3-4-10-13-11/h2,8,11H,3-7,9-10H2,1H3/b8-2+. The molecule has 76 valence electrons. The van der Waals surface area contributed by atoms with Crippen molar-refractivity contribution in [3.63, 3.8) is 0 Å². The molecular formula is C11H20O2. The first-order chi connectivity index (χ1) is 6.43. The molecular weight excluding hydrogens is 164 g/mol. The van der Waals surface area contributed by atoms with Crippen LogP contribution in [0.1, 0.15) is 39.0 Å². The smallest absolute Gasteiger partial charge is 0.0874 e. The minimum atomic E-state index is 0.503. The van der Waals surface area contributed by atoms with Gasteiger partial charge in [0.15, 0.2) is 0 Å². The second-order valence-corrected chi connectivity index (χ2v) is 3.47. The zero-order chi connectivity index (χ0) is 9.36. The third-order valence-corrected chi connectivity index (χ3v) is 2.29. The lowest BCUT2D eigenvalue weighted by Gasteiger charge is -2.22. The van der Waals surface area contributed by atoms with E-state index in [4.69, 9.17) is 9.47 Å². The molecule has 0 radical (unpaired) electrons. The summed E-state index contributed by atoms with van der Waals surface area (Å²) < 4.78 is 10.8.